The molecule has 18 heavy (non-hydrogen) atoms. The van der Waals surface area contributed by atoms with Gasteiger partial charge in [-0.2, -0.15) is 0 Å². The van der Waals surface area contributed by atoms with Gasteiger partial charge >= 0.3 is 0 Å². The van der Waals surface area contributed by atoms with Crippen molar-refractivity contribution >= 4 is 17.3 Å². The van der Waals surface area contributed by atoms with E-state index in [2.05, 4.69) is 4.98 Å². The third-order valence-corrected chi connectivity index (χ3v) is 2.63. The Hall–Kier alpha value is -2.56. The van der Waals surface area contributed by atoms with Gasteiger partial charge in [0.15, 0.2) is 0 Å². The standard InChI is InChI=1S/C13H13N3O2/c1-16(10-4-6-15-7-5-10)13(18)9-2-3-11(14)12(17)8-9/h2-8,17H,14H2,1H3. The molecule has 0 fully saturated rings. The SMILES string of the molecule is CN(C(=O)c1ccc(N)c(O)c1)c1ccncc1. The van der Waals surface area contributed by atoms with Gasteiger partial charge in [0.25, 0.3) is 5.91 Å². The maximum absolute atomic E-state index is 12.2. The van der Waals surface area contributed by atoms with Gasteiger partial charge in [0, 0.05) is 30.7 Å². The van der Waals surface area contributed by atoms with Crippen LogP contribution >= 0.6 is 0 Å². The molecule has 1 aromatic heterocycles. The molecule has 0 aliphatic rings. The first kappa shape index (κ1) is 11.9. The fourth-order valence-electron chi connectivity index (χ4n) is 1.56. The van der Waals surface area contributed by atoms with Crippen LogP contribution in [-0.4, -0.2) is 23.0 Å². The minimum Gasteiger partial charge on any atom is -0.506 e. The zero-order valence-corrected chi connectivity index (χ0v) is 9.87. The van der Waals surface area contributed by atoms with Gasteiger partial charge in [-0.15, -0.1) is 0 Å². The number of nitrogens with two attached hydrogens (primary N) is 1. The molecule has 0 saturated heterocycles. The van der Waals surface area contributed by atoms with E-state index in [1.165, 1.54) is 17.0 Å². The zero-order chi connectivity index (χ0) is 13.1. The summed E-state index contributed by atoms with van der Waals surface area (Å²) in [6.45, 7) is 0. The molecule has 5 heteroatoms. The minimum atomic E-state index is -0.225. The smallest absolute Gasteiger partial charge is 0.258 e. The van der Waals surface area contributed by atoms with Crippen LogP contribution in [0, 0.1) is 0 Å². The van der Waals surface area contributed by atoms with E-state index in [1.807, 2.05) is 0 Å². The highest BCUT2D eigenvalue weighted by molar-refractivity contribution is 6.06. The Bertz CT molecular complexity index is 570. The highest BCUT2D eigenvalue weighted by Crippen LogP contribution is 2.22. The number of nitrogen functional groups attached to an aromatic ring is 1. The van der Waals surface area contributed by atoms with Crippen molar-refractivity contribution in [3.05, 3.63) is 48.3 Å². The first-order chi connectivity index (χ1) is 8.59. The topological polar surface area (TPSA) is 79.5 Å². The molecular formula is C13H13N3O2. The summed E-state index contributed by atoms with van der Waals surface area (Å²) in [5.41, 5.74) is 6.85. The van der Waals surface area contributed by atoms with E-state index in [4.69, 9.17) is 5.73 Å². The van der Waals surface area contributed by atoms with Gasteiger partial charge in [0.05, 0.1) is 5.69 Å². The van der Waals surface area contributed by atoms with Crippen LogP contribution in [0.25, 0.3) is 0 Å². The highest BCUT2D eigenvalue weighted by atomic mass is 16.3. The van der Waals surface area contributed by atoms with E-state index in [9.17, 15) is 9.90 Å². The maximum atomic E-state index is 12.2. The Morgan fingerprint density at radius 1 is 1.28 bits per heavy atom. The Morgan fingerprint density at radius 3 is 2.56 bits per heavy atom. The zero-order valence-electron chi connectivity index (χ0n) is 9.87. The summed E-state index contributed by atoms with van der Waals surface area (Å²) in [6.07, 6.45) is 3.22. The number of aromatic hydroxyl groups is 1. The normalized spacial score (nSPS) is 10.1. The van der Waals surface area contributed by atoms with Crippen molar-refractivity contribution in [1.29, 1.82) is 0 Å². The van der Waals surface area contributed by atoms with Gasteiger partial charge in [-0.05, 0) is 30.3 Å². The Kier molecular flexibility index (Phi) is 3.14. The van der Waals surface area contributed by atoms with Gasteiger partial charge in [-0.1, -0.05) is 0 Å². The molecule has 0 atom stereocenters. The van der Waals surface area contributed by atoms with E-state index >= 15 is 0 Å². The number of aromatic nitrogens is 1. The van der Waals surface area contributed by atoms with Crippen LogP contribution in [0.5, 0.6) is 5.75 Å². The molecule has 1 aromatic carbocycles. The quantitative estimate of drug-likeness (QED) is 0.620. The number of amides is 1. The van der Waals surface area contributed by atoms with E-state index in [-0.39, 0.29) is 17.3 Å². The van der Waals surface area contributed by atoms with Crippen LogP contribution in [0.1, 0.15) is 10.4 Å². The number of phenols is 1. The predicted molar refractivity (Wildman–Crippen MR) is 69.5 cm³/mol. The molecule has 1 amide bonds. The van der Waals surface area contributed by atoms with Crippen LogP contribution in [0.3, 0.4) is 0 Å². The lowest BCUT2D eigenvalue weighted by Crippen LogP contribution is -2.26. The molecule has 92 valence electrons. The number of benzene rings is 1. The monoisotopic (exact) mass is 243 g/mol. The van der Waals surface area contributed by atoms with Gasteiger partial charge in [-0.3, -0.25) is 9.78 Å². The molecule has 0 saturated carbocycles. The number of carbonyl (C=O) groups is 1. The van der Waals surface area contributed by atoms with Gasteiger partial charge in [0.2, 0.25) is 0 Å². The van der Waals surface area contributed by atoms with E-state index < -0.39 is 0 Å². The third-order valence-electron chi connectivity index (χ3n) is 2.63. The number of hydrogen-bond acceptors (Lipinski definition) is 4. The summed E-state index contributed by atoms with van der Waals surface area (Å²) < 4.78 is 0. The molecule has 5 nitrogen and oxygen atoms in total. The van der Waals surface area contributed by atoms with Crippen LogP contribution < -0.4 is 10.6 Å². The predicted octanol–water partition coefficient (Wildman–Crippen LogP) is 1.65. The van der Waals surface area contributed by atoms with E-state index in [1.54, 1.807) is 37.6 Å². The molecule has 0 spiro atoms. The highest BCUT2D eigenvalue weighted by Gasteiger charge is 2.14. The van der Waals surface area contributed by atoms with Crippen molar-refractivity contribution < 1.29 is 9.90 Å². The van der Waals surface area contributed by atoms with Crippen molar-refractivity contribution in [3.63, 3.8) is 0 Å². The van der Waals surface area contributed by atoms with Crippen LogP contribution in [0.2, 0.25) is 0 Å². The van der Waals surface area contributed by atoms with Crippen LogP contribution in [-0.2, 0) is 0 Å². The molecule has 3 N–H and O–H groups in total. The van der Waals surface area contributed by atoms with Crippen LogP contribution in [0.4, 0.5) is 11.4 Å². The van der Waals surface area contributed by atoms with Crippen molar-refractivity contribution in [2.75, 3.05) is 17.7 Å². The molecule has 1 heterocycles. The number of rotatable bonds is 2. The van der Waals surface area contributed by atoms with E-state index in [0.29, 0.717) is 5.56 Å². The second kappa shape index (κ2) is 4.75. The summed E-state index contributed by atoms with van der Waals surface area (Å²) >= 11 is 0. The lowest BCUT2D eigenvalue weighted by molar-refractivity contribution is 0.0992. The molecule has 0 bridgehead atoms. The van der Waals surface area contributed by atoms with Gasteiger partial charge < -0.3 is 15.7 Å². The minimum absolute atomic E-state index is 0.0935. The van der Waals surface area contributed by atoms with Crippen LogP contribution in [0.15, 0.2) is 42.7 Å². The van der Waals surface area contributed by atoms with Crippen molar-refractivity contribution in [2.45, 2.75) is 0 Å². The number of pyridine rings is 1. The molecule has 2 rings (SSSR count). The van der Waals surface area contributed by atoms with Crippen molar-refractivity contribution in [2.24, 2.45) is 0 Å². The number of carbonyl (C=O) groups excluding carboxylic acids is 1. The van der Waals surface area contributed by atoms with Crippen molar-refractivity contribution in [3.8, 4) is 5.75 Å². The largest absolute Gasteiger partial charge is 0.506 e. The molecular weight excluding hydrogens is 230 g/mol. The number of hydrogen-bond donors (Lipinski definition) is 2. The van der Waals surface area contributed by atoms with Gasteiger partial charge in [0.1, 0.15) is 5.75 Å². The summed E-state index contributed by atoms with van der Waals surface area (Å²) in [5.74, 6) is -0.319. The lowest BCUT2D eigenvalue weighted by Gasteiger charge is -2.17. The average molecular weight is 243 g/mol. The summed E-state index contributed by atoms with van der Waals surface area (Å²) in [7, 11) is 1.66. The second-order valence-electron chi connectivity index (χ2n) is 3.84. The Balaban J connectivity index is 2.29. The maximum Gasteiger partial charge on any atom is 0.258 e. The Morgan fingerprint density at radius 2 is 1.94 bits per heavy atom. The number of nitrogens with zero attached hydrogens (tertiary/aromatic N) is 2. The molecule has 2 aromatic rings. The second-order valence-corrected chi connectivity index (χ2v) is 3.84. The fourth-order valence-corrected chi connectivity index (χ4v) is 1.56. The summed E-state index contributed by atoms with van der Waals surface area (Å²) in [5, 5.41) is 9.50. The van der Waals surface area contributed by atoms with E-state index in [0.717, 1.165) is 5.69 Å². The van der Waals surface area contributed by atoms with Gasteiger partial charge in [-0.25, -0.2) is 0 Å². The summed E-state index contributed by atoms with van der Waals surface area (Å²) in [6, 6.07) is 7.90. The Labute approximate surface area is 104 Å². The molecule has 0 aliphatic heterocycles. The fraction of sp³-hybridized carbons (Fsp3) is 0.0769. The lowest BCUT2D eigenvalue weighted by atomic mass is 10.1. The first-order valence-corrected chi connectivity index (χ1v) is 5.36. The molecule has 0 unspecified atom stereocenters. The average Bonchev–Trinajstić information content (AvgIpc) is 2.41. The third kappa shape index (κ3) is 2.24. The summed E-state index contributed by atoms with van der Waals surface area (Å²) in [4.78, 5) is 17.5. The number of anilines is 2. The molecule has 0 aliphatic carbocycles. The van der Waals surface area contributed by atoms with Crippen molar-refractivity contribution in [1.82, 2.24) is 4.98 Å². The number of phenolic OH excluding ortho intramolecular Hbond substituents is 1. The first-order valence-electron chi connectivity index (χ1n) is 5.36. The molecule has 0 radical (unpaired) electrons.